The number of carbonyl (C=O) groups excluding carboxylic acids is 1. The Bertz CT molecular complexity index is 444. The lowest BCUT2D eigenvalue weighted by Crippen LogP contribution is -2.45. The summed E-state index contributed by atoms with van der Waals surface area (Å²) in [5.41, 5.74) is 1.21. The fourth-order valence-electron chi connectivity index (χ4n) is 2.30. The van der Waals surface area contributed by atoms with Crippen molar-refractivity contribution >= 4 is 17.7 Å². The molecule has 1 amide bonds. The van der Waals surface area contributed by atoms with E-state index in [1.807, 2.05) is 16.7 Å². The van der Waals surface area contributed by atoms with Gasteiger partial charge in [-0.1, -0.05) is 19.1 Å². The molecule has 0 aromatic heterocycles. The number of nitrogens with zero attached hydrogens (tertiary/aromatic N) is 1. The van der Waals surface area contributed by atoms with Crippen molar-refractivity contribution in [1.82, 2.24) is 10.2 Å². The minimum absolute atomic E-state index is 0.156. The number of nitrogens with one attached hydrogen (secondary N) is 1. The first-order chi connectivity index (χ1) is 10.2. The van der Waals surface area contributed by atoms with Gasteiger partial charge in [0.1, 0.15) is 0 Å². The van der Waals surface area contributed by atoms with E-state index in [9.17, 15) is 4.79 Å². The number of hydrogen-bond donors (Lipinski definition) is 1. The highest BCUT2D eigenvalue weighted by atomic mass is 32.2. The van der Waals surface area contributed by atoms with Crippen LogP contribution in [0.3, 0.4) is 0 Å². The smallest absolute Gasteiger partial charge is 0.236 e. The van der Waals surface area contributed by atoms with E-state index in [1.165, 1.54) is 10.5 Å². The molecule has 0 bridgehead atoms. The van der Waals surface area contributed by atoms with Crippen LogP contribution in [-0.2, 0) is 9.53 Å². The summed E-state index contributed by atoms with van der Waals surface area (Å²) in [6, 6.07) is 8.73. The summed E-state index contributed by atoms with van der Waals surface area (Å²) in [5, 5.41) is 3.31. The first kappa shape index (κ1) is 16.3. The molecule has 2 rings (SSSR count). The number of amides is 1. The number of thioether (sulfide) groups is 1. The Kier molecular flexibility index (Phi) is 6.54. The van der Waals surface area contributed by atoms with Crippen molar-refractivity contribution in [3.8, 4) is 0 Å². The second-order valence-corrected chi connectivity index (χ2v) is 6.44. The van der Waals surface area contributed by atoms with Crippen LogP contribution < -0.4 is 5.32 Å². The van der Waals surface area contributed by atoms with Gasteiger partial charge in [-0.25, -0.2) is 0 Å². The normalized spacial score (nSPS) is 16.8. The molecule has 0 radical (unpaired) electrons. The van der Waals surface area contributed by atoms with E-state index < -0.39 is 0 Å². The van der Waals surface area contributed by atoms with Gasteiger partial charge in [0.05, 0.1) is 19.8 Å². The molecular formula is C16H24N2O2S. The van der Waals surface area contributed by atoms with Crippen LogP contribution in [0.1, 0.15) is 25.5 Å². The van der Waals surface area contributed by atoms with E-state index in [4.69, 9.17) is 4.74 Å². The molecule has 21 heavy (non-hydrogen) atoms. The predicted molar refractivity (Wildman–Crippen MR) is 86.7 cm³/mol. The van der Waals surface area contributed by atoms with Gasteiger partial charge in [0.25, 0.3) is 0 Å². The molecule has 0 saturated carbocycles. The fourth-order valence-corrected chi connectivity index (χ4v) is 2.96. The number of benzene rings is 1. The third kappa shape index (κ3) is 5.02. The van der Waals surface area contributed by atoms with Gasteiger partial charge in [-0.3, -0.25) is 4.79 Å². The zero-order valence-electron chi connectivity index (χ0n) is 12.8. The quantitative estimate of drug-likeness (QED) is 0.819. The third-order valence-corrected chi connectivity index (χ3v) is 4.51. The molecule has 0 spiro atoms. The molecule has 116 valence electrons. The van der Waals surface area contributed by atoms with Crippen LogP contribution in [0.15, 0.2) is 29.2 Å². The van der Waals surface area contributed by atoms with Gasteiger partial charge in [0, 0.05) is 24.0 Å². The van der Waals surface area contributed by atoms with Gasteiger partial charge in [0.2, 0.25) is 5.91 Å². The molecule has 1 aliphatic heterocycles. The molecule has 1 aliphatic rings. The van der Waals surface area contributed by atoms with Crippen molar-refractivity contribution in [2.45, 2.75) is 24.8 Å². The highest BCUT2D eigenvalue weighted by Crippen LogP contribution is 2.20. The van der Waals surface area contributed by atoms with Crippen molar-refractivity contribution in [1.29, 1.82) is 0 Å². The minimum Gasteiger partial charge on any atom is -0.378 e. The SMILES string of the molecule is CCSc1ccc(C(C)NCC(=O)N2CCOCC2)cc1. The zero-order chi connectivity index (χ0) is 15.1. The number of morpholine rings is 1. The second kappa shape index (κ2) is 8.41. The molecule has 1 N–H and O–H groups in total. The number of carbonyl (C=O) groups is 1. The summed E-state index contributed by atoms with van der Waals surface area (Å²) >= 11 is 1.84. The highest BCUT2D eigenvalue weighted by molar-refractivity contribution is 7.99. The van der Waals surface area contributed by atoms with Gasteiger partial charge in [-0.2, -0.15) is 0 Å². The summed E-state index contributed by atoms with van der Waals surface area (Å²) in [7, 11) is 0. The van der Waals surface area contributed by atoms with Crippen molar-refractivity contribution in [2.24, 2.45) is 0 Å². The third-order valence-electron chi connectivity index (χ3n) is 3.61. The second-order valence-electron chi connectivity index (χ2n) is 5.10. The lowest BCUT2D eigenvalue weighted by molar-refractivity contribution is -0.134. The lowest BCUT2D eigenvalue weighted by Gasteiger charge is -2.27. The van der Waals surface area contributed by atoms with Crippen LogP contribution in [0.5, 0.6) is 0 Å². The Labute approximate surface area is 131 Å². The maximum atomic E-state index is 12.1. The molecule has 1 unspecified atom stereocenters. The molecule has 1 aromatic carbocycles. The average molecular weight is 308 g/mol. The van der Waals surface area contributed by atoms with E-state index in [-0.39, 0.29) is 11.9 Å². The van der Waals surface area contributed by atoms with Gasteiger partial charge in [-0.15, -0.1) is 11.8 Å². The number of rotatable bonds is 6. The van der Waals surface area contributed by atoms with E-state index >= 15 is 0 Å². The molecule has 0 aliphatic carbocycles. The highest BCUT2D eigenvalue weighted by Gasteiger charge is 2.17. The molecule has 4 nitrogen and oxygen atoms in total. The lowest BCUT2D eigenvalue weighted by atomic mass is 10.1. The van der Waals surface area contributed by atoms with Crippen LogP contribution in [-0.4, -0.2) is 49.4 Å². The Morgan fingerprint density at radius 1 is 1.33 bits per heavy atom. The van der Waals surface area contributed by atoms with Gasteiger partial charge >= 0.3 is 0 Å². The minimum atomic E-state index is 0.156. The molecule has 1 atom stereocenters. The first-order valence-corrected chi connectivity index (χ1v) is 8.51. The molecule has 1 heterocycles. The summed E-state index contributed by atoms with van der Waals surface area (Å²) < 4.78 is 5.26. The Morgan fingerprint density at radius 2 is 2.00 bits per heavy atom. The molecule has 1 saturated heterocycles. The van der Waals surface area contributed by atoms with Crippen LogP contribution in [0.4, 0.5) is 0 Å². The van der Waals surface area contributed by atoms with E-state index in [1.54, 1.807) is 0 Å². The van der Waals surface area contributed by atoms with Crippen LogP contribution in [0, 0.1) is 0 Å². The summed E-state index contributed by atoms with van der Waals surface area (Å²) in [5.74, 6) is 1.24. The number of hydrogen-bond acceptors (Lipinski definition) is 4. The van der Waals surface area contributed by atoms with Crippen molar-refractivity contribution < 1.29 is 9.53 Å². The van der Waals surface area contributed by atoms with Crippen LogP contribution in [0.25, 0.3) is 0 Å². The maximum absolute atomic E-state index is 12.1. The molecule has 1 fully saturated rings. The Balaban J connectivity index is 1.80. The van der Waals surface area contributed by atoms with Gasteiger partial charge in [-0.05, 0) is 30.4 Å². The first-order valence-electron chi connectivity index (χ1n) is 7.52. The topological polar surface area (TPSA) is 41.6 Å². The van der Waals surface area contributed by atoms with E-state index in [0.29, 0.717) is 32.8 Å². The standard InChI is InChI=1S/C16H24N2O2S/c1-3-21-15-6-4-14(5-7-15)13(2)17-12-16(19)18-8-10-20-11-9-18/h4-7,13,17H,3,8-12H2,1-2H3. The average Bonchev–Trinajstić information content (AvgIpc) is 2.54. The molecule has 1 aromatic rings. The zero-order valence-corrected chi connectivity index (χ0v) is 13.6. The Hall–Kier alpha value is -1.04. The van der Waals surface area contributed by atoms with Crippen molar-refractivity contribution in [2.75, 3.05) is 38.6 Å². The summed E-state index contributed by atoms with van der Waals surface area (Å²) in [6.45, 7) is 7.34. The Morgan fingerprint density at radius 3 is 2.62 bits per heavy atom. The predicted octanol–water partition coefficient (Wildman–Crippen LogP) is 2.31. The maximum Gasteiger partial charge on any atom is 0.236 e. The van der Waals surface area contributed by atoms with Crippen LogP contribution >= 0.6 is 11.8 Å². The van der Waals surface area contributed by atoms with Crippen molar-refractivity contribution in [3.63, 3.8) is 0 Å². The summed E-state index contributed by atoms with van der Waals surface area (Å²) in [4.78, 5) is 15.2. The van der Waals surface area contributed by atoms with Crippen molar-refractivity contribution in [3.05, 3.63) is 29.8 Å². The van der Waals surface area contributed by atoms with E-state index in [0.717, 1.165) is 5.75 Å². The van der Waals surface area contributed by atoms with E-state index in [2.05, 4.69) is 43.4 Å². The van der Waals surface area contributed by atoms with Gasteiger partial charge < -0.3 is 15.0 Å². The molecular weight excluding hydrogens is 284 g/mol. The number of ether oxygens (including phenoxy) is 1. The molecule has 5 heteroatoms. The largest absolute Gasteiger partial charge is 0.378 e. The fraction of sp³-hybridized carbons (Fsp3) is 0.562. The monoisotopic (exact) mass is 308 g/mol. The van der Waals surface area contributed by atoms with Crippen LogP contribution in [0.2, 0.25) is 0 Å². The van der Waals surface area contributed by atoms with Gasteiger partial charge in [0.15, 0.2) is 0 Å². The summed E-state index contributed by atoms with van der Waals surface area (Å²) in [6.07, 6.45) is 0.